The van der Waals surface area contributed by atoms with Crippen molar-refractivity contribution in [3.8, 4) is 23.0 Å². The summed E-state index contributed by atoms with van der Waals surface area (Å²) in [6.07, 6.45) is 4.79. The van der Waals surface area contributed by atoms with Crippen LogP contribution < -0.4 is 5.73 Å². The second-order valence-corrected chi connectivity index (χ2v) is 6.99. The molecule has 3 aromatic heterocycles. The zero-order valence-electron chi connectivity index (χ0n) is 14.4. The molecule has 3 N–H and O–H groups in total. The molecule has 0 fully saturated rings. The summed E-state index contributed by atoms with van der Waals surface area (Å²) in [5.74, 6) is 6.32. The van der Waals surface area contributed by atoms with E-state index in [1.54, 1.807) is 19.3 Å². The lowest BCUT2D eigenvalue weighted by atomic mass is 10.0. The minimum absolute atomic E-state index is 0.393. The Bertz CT molecular complexity index is 1180. The predicted molar refractivity (Wildman–Crippen MR) is 106 cm³/mol. The molecule has 0 amide bonds. The van der Waals surface area contributed by atoms with Crippen molar-refractivity contribution in [1.82, 2.24) is 19.9 Å². The predicted octanol–water partition coefficient (Wildman–Crippen LogP) is 2.99. The Morgan fingerprint density at radius 1 is 1.11 bits per heavy atom. The molecule has 1 atom stereocenters. The minimum atomic E-state index is -1.29. The number of hydrogen-bond acceptors (Lipinski definition) is 7. The van der Waals surface area contributed by atoms with Crippen LogP contribution in [0.25, 0.3) is 22.2 Å². The van der Waals surface area contributed by atoms with Crippen LogP contribution in [0, 0.1) is 11.8 Å². The fourth-order valence-corrected chi connectivity index (χ4v) is 3.26. The fraction of sp³-hybridized carbons (Fsp3) is 0.100. The number of fused-ring (bicyclic) bond motifs is 1. The lowest BCUT2D eigenvalue weighted by molar-refractivity contribution is 0.122. The third kappa shape index (κ3) is 3.49. The molecule has 6 nitrogen and oxygen atoms in total. The SMILES string of the molecule is CC(O)(C#Cc1cccc(-c2cnc3ncnc(N)c3c2)c1)c1nccs1. The quantitative estimate of drug-likeness (QED) is 0.524. The molecule has 0 aliphatic carbocycles. The third-order valence-corrected chi connectivity index (χ3v) is 5.00. The number of nitrogens with zero attached hydrogens (tertiary/aromatic N) is 4. The Balaban J connectivity index is 1.70. The molecule has 0 bridgehead atoms. The van der Waals surface area contributed by atoms with Gasteiger partial charge in [-0.2, -0.15) is 0 Å². The molecule has 0 aliphatic rings. The monoisotopic (exact) mass is 373 g/mol. The average Bonchev–Trinajstić information content (AvgIpc) is 3.23. The number of anilines is 1. The van der Waals surface area contributed by atoms with E-state index in [0.29, 0.717) is 21.9 Å². The molecule has 0 saturated carbocycles. The van der Waals surface area contributed by atoms with Gasteiger partial charge in [0.1, 0.15) is 17.2 Å². The van der Waals surface area contributed by atoms with Crippen molar-refractivity contribution in [2.75, 3.05) is 5.73 Å². The number of nitrogen functional groups attached to an aromatic ring is 1. The van der Waals surface area contributed by atoms with Gasteiger partial charge in [0, 0.05) is 28.9 Å². The molecule has 4 rings (SSSR count). The molecule has 1 aromatic carbocycles. The van der Waals surface area contributed by atoms with Crippen LogP contribution in [-0.2, 0) is 5.60 Å². The molecule has 132 valence electrons. The first-order chi connectivity index (χ1) is 13.0. The first kappa shape index (κ1) is 17.1. The second-order valence-electron chi connectivity index (χ2n) is 6.09. The van der Waals surface area contributed by atoms with Gasteiger partial charge in [-0.05, 0) is 30.7 Å². The number of thiazole rings is 1. The maximum absolute atomic E-state index is 10.5. The first-order valence-electron chi connectivity index (χ1n) is 8.15. The van der Waals surface area contributed by atoms with Crippen LogP contribution in [0.4, 0.5) is 5.82 Å². The molecule has 0 saturated heterocycles. The molecule has 0 radical (unpaired) electrons. The molecule has 0 spiro atoms. The number of benzene rings is 1. The van der Waals surface area contributed by atoms with Crippen molar-refractivity contribution >= 4 is 28.2 Å². The summed E-state index contributed by atoms with van der Waals surface area (Å²) in [6.45, 7) is 1.64. The molecular weight excluding hydrogens is 358 g/mol. The number of hydrogen-bond donors (Lipinski definition) is 2. The number of aliphatic hydroxyl groups is 1. The van der Waals surface area contributed by atoms with E-state index in [1.807, 2.05) is 35.7 Å². The van der Waals surface area contributed by atoms with E-state index in [2.05, 4.69) is 31.8 Å². The van der Waals surface area contributed by atoms with Crippen molar-refractivity contribution in [1.29, 1.82) is 0 Å². The van der Waals surface area contributed by atoms with E-state index in [0.717, 1.165) is 16.7 Å². The molecular formula is C20H15N5OS. The highest BCUT2D eigenvalue weighted by Crippen LogP contribution is 2.25. The van der Waals surface area contributed by atoms with Gasteiger partial charge in [-0.25, -0.2) is 19.9 Å². The normalized spacial score (nSPS) is 13.0. The first-order valence-corrected chi connectivity index (χ1v) is 9.03. The van der Waals surface area contributed by atoms with E-state index in [-0.39, 0.29) is 0 Å². The van der Waals surface area contributed by atoms with E-state index in [9.17, 15) is 5.11 Å². The number of pyridine rings is 1. The van der Waals surface area contributed by atoms with Crippen molar-refractivity contribution in [2.45, 2.75) is 12.5 Å². The van der Waals surface area contributed by atoms with Crippen molar-refractivity contribution in [3.63, 3.8) is 0 Å². The van der Waals surface area contributed by atoms with Crippen LogP contribution in [0.15, 0.2) is 54.4 Å². The van der Waals surface area contributed by atoms with Gasteiger partial charge in [-0.1, -0.05) is 24.0 Å². The summed E-state index contributed by atoms with van der Waals surface area (Å²) >= 11 is 1.37. The molecule has 7 heteroatoms. The summed E-state index contributed by atoms with van der Waals surface area (Å²) in [5.41, 5.74) is 7.80. The maximum Gasteiger partial charge on any atom is 0.174 e. The van der Waals surface area contributed by atoms with Gasteiger partial charge in [-0.15, -0.1) is 11.3 Å². The molecule has 3 heterocycles. The summed E-state index contributed by atoms with van der Waals surface area (Å²) in [5, 5.41) is 13.6. The Morgan fingerprint density at radius 2 is 2.00 bits per heavy atom. The molecule has 4 aromatic rings. The summed E-state index contributed by atoms with van der Waals surface area (Å²) in [6, 6.07) is 9.61. The van der Waals surface area contributed by atoms with Crippen LogP contribution in [-0.4, -0.2) is 25.0 Å². The van der Waals surface area contributed by atoms with Gasteiger partial charge in [0.05, 0.1) is 5.39 Å². The van der Waals surface area contributed by atoms with E-state index in [1.165, 1.54) is 17.7 Å². The van der Waals surface area contributed by atoms with Gasteiger partial charge in [0.15, 0.2) is 11.2 Å². The van der Waals surface area contributed by atoms with Gasteiger partial charge in [-0.3, -0.25) is 0 Å². The van der Waals surface area contributed by atoms with Crippen LogP contribution in [0.2, 0.25) is 0 Å². The van der Waals surface area contributed by atoms with Crippen molar-refractivity contribution in [3.05, 3.63) is 65.0 Å². The molecule has 1 unspecified atom stereocenters. The summed E-state index contributed by atoms with van der Waals surface area (Å²) in [7, 11) is 0. The van der Waals surface area contributed by atoms with Crippen LogP contribution in [0.3, 0.4) is 0 Å². The Kier molecular flexibility index (Phi) is 4.28. The lowest BCUT2D eigenvalue weighted by Crippen LogP contribution is -2.17. The van der Waals surface area contributed by atoms with Gasteiger partial charge in [0.25, 0.3) is 0 Å². The fourth-order valence-electron chi connectivity index (χ4n) is 2.61. The maximum atomic E-state index is 10.5. The van der Waals surface area contributed by atoms with Crippen LogP contribution in [0.1, 0.15) is 17.5 Å². The number of nitrogens with two attached hydrogens (primary N) is 1. The summed E-state index contributed by atoms with van der Waals surface area (Å²) in [4.78, 5) is 16.6. The topological polar surface area (TPSA) is 97.8 Å². The largest absolute Gasteiger partial charge is 0.383 e. The van der Waals surface area contributed by atoms with E-state index < -0.39 is 5.60 Å². The summed E-state index contributed by atoms with van der Waals surface area (Å²) < 4.78 is 0. The molecule has 27 heavy (non-hydrogen) atoms. The van der Waals surface area contributed by atoms with Gasteiger partial charge in [0.2, 0.25) is 0 Å². The highest BCUT2D eigenvalue weighted by atomic mass is 32.1. The zero-order valence-corrected chi connectivity index (χ0v) is 15.2. The van der Waals surface area contributed by atoms with Gasteiger partial charge < -0.3 is 10.8 Å². The second kappa shape index (κ2) is 6.76. The van der Waals surface area contributed by atoms with Crippen molar-refractivity contribution < 1.29 is 5.11 Å². The van der Waals surface area contributed by atoms with Crippen LogP contribution >= 0.6 is 11.3 Å². The lowest BCUT2D eigenvalue weighted by Gasteiger charge is -2.12. The van der Waals surface area contributed by atoms with Gasteiger partial charge >= 0.3 is 0 Å². The van der Waals surface area contributed by atoms with E-state index >= 15 is 0 Å². The highest BCUT2D eigenvalue weighted by Gasteiger charge is 2.22. The highest BCUT2D eigenvalue weighted by molar-refractivity contribution is 7.09. The van der Waals surface area contributed by atoms with Crippen molar-refractivity contribution in [2.24, 2.45) is 0 Å². The average molecular weight is 373 g/mol. The Hall–Kier alpha value is -3.34. The van der Waals surface area contributed by atoms with Crippen LogP contribution in [0.5, 0.6) is 0 Å². The van der Waals surface area contributed by atoms with E-state index in [4.69, 9.17) is 5.73 Å². The Labute approximate surface area is 159 Å². The smallest absolute Gasteiger partial charge is 0.174 e. The number of rotatable bonds is 2. The standard InChI is InChI=1S/C20H15N5OS/c1-20(26,19-22-7-8-27-19)6-5-13-3-2-4-14(9-13)15-10-16-17(21)24-12-25-18(16)23-11-15/h2-4,7-12,26H,1H3,(H2,21,23,24,25). The minimum Gasteiger partial charge on any atom is -0.383 e. The third-order valence-electron chi connectivity index (χ3n) is 4.01. The number of aromatic nitrogens is 4. The molecule has 0 aliphatic heterocycles. The Morgan fingerprint density at radius 3 is 2.81 bits per heavy atom. The zero-order chi connectivity index (χ0) is 18.9.